The summed E-state index contributed by atoms with van der Waals surface area (Å²) >= 11 is 0. The molecule has 7 nitrogen and oxygen atoms in total. The summed E-state index contributed by atoms with van der Waals surface area (Å²) < 4.78 is 48.6. The van der Waals surface area contributed by atoms with Crippen molar-refractivity contribution in [1.82, 2.24) is 0 Å². The maximum atomic E-state index is 12.9. The van der Waals surface area contributed by atoms with E-state index in [1.165, 1.54) is 7.11 Å². The van der Waals surface area contributed by atoms with Gasteiger partial charge in [-0.15, -0.1) is 0 Å². The summed E-state index contributed by atoms with van der Waals surface area (Å²) in [4.78, 5) is 12.6. The highest BCUT2D eigenvalue weighted by molar-refractivity contribution is 7.91. The maximum Gasteiger partial charge on any atom is 0.316 e. The molecule has 3 aliphatic rings. The fourth-order valence-electron chi connectivity index (χ4n) is 4.48. The van der Waals surface area contributed by atoms with Gasteiger partial charge in [0, 0.05) is 6.42 Å². The molecule has 2 bridgehead atoms. The lowest BCUT2D eigenvalue weighted by Crippen LogP contribution is -2.59. The monoisotopic (exact) mass is 382 g/mol. The second-order valence-corrected chi connectivity index (χ2v) is 9.13. The van der Waals surface area contributed by atoms with Crippen LogP contribution in [0.3, 0.4) is 0 Å². The van der Waals surface area contributed by atoms with Crippen LogP contribution in [-0.2, 0) is 33.6 Å². The van der Waals surface area contributed by atoms with E-state index >= 15 is 0 Å². The summed E-state index contributed by atoms with van der Waals surface area (Å²) in [6.45, 7) is 0.726. The van der Waals surface area contributed by atoms with Crippen LogP contribution >= 0.6 is 0 Å². The first-order valence-corrected chi connectivity index (χ1v) is 10.4. The van der Waals surface area contributed by atoms with E-state index in [-0.39, 0.29) is 17.1 Å². The average molecular weight is 382 g/mol. The number of ether oxygens (including phenoxy) is 4. The minimum absolute atomic E-state index is 0.164. The zero-order chi connectivity index (χ0) is 18.4. The minimum atomic E-state index is -3.55. The molecule has 0 aliphatic carbocycles. The van der Waals surface area contributed by atoms with Crippen LogP contribution in [0.5, 0.6) is 0 Å². The van der Waals surface area contributed by atoms with Crippen LogP contribution in [0.15, 0.2) is 35.2 Å². The Bertz CT molecular complexity index is 785. The quantitative estimate of drug-likeness (QED) is 0.726. The van der Waals surface area contributed by atoms with E-state index in [9.17, 15) is 13.2 Å². The molecule has 3 aliphatic heterocycles. The summed E-state index contributed by atoms with van der Waals surface area (Å²) in [6.07, 6.45) is 0.826. The Morgan fingerprint density at radius 2 is 1.92 bits per heavy atom. The van der Waals surface area contributed by atoms with E-state index in [0.717, 1.165) is 0 Å². The first-order valence-electron chi connectivity index (χ1n) is 8.71. The first-order chi connectivity index (χ1) is 12.4. The summed E-state index contributed by atoms with van der Waals surface area (Å²) in [5, 5.41) is 0. The Labute approximate surface area is 152 Å². The van der Waals surface area contributed by atoms with E-state index < -0.39 is 39.2 Å². The fraction of sp³-hybridized carbons (Fsp3) is 0.611. The summed E-state index contributed by atoms with van der Waals surface area (Å²) in [5.74, 6) is -2.48. The lowest BCUT2D eigenvalue weighted by Gasteiger charge is -2.46. The number of fused-ring (bicyclic) bond motifs is 2. The van der Waals surface area contributed by atoms with Gasteiger partial charge in [-0.25, -0.2) is 8.42 Å². The molecule has 4 rings (SSSR count). The van der Waals surface area contributed by atoms with Crippen LogP contribution in [0.4, 0.5) is 0 Å². The van der Waals surface area contributed by atoms with Crippen LogP contribution in [0, 0.1) is 5.92 Å². The third kappa shape index (κ3) is 2.85. The van der Waals surface area contributed by atoms with Gasteiger partial charge in [-0.1, -0.05) is 18.2 Å². The Kier molecular flexibility index (Phi) is 4.34. The summed E-state index contributed by atoms with van der Waals surface area (Å²) in [5.41, 5.74) is -0.922. The number of rotatable bonds is 4. The number of carbonyl (C=O) groups is 1. The van der Waals surface area contributed by atoms with Gasteiger partial charge in [0.25, 0.3) is 0 Å². The normalized spacial score (nSPS) is 32.7. The molecule has 0 N–H and O–H groups in total. The van der Waals surface area contributed by atoms with Crippen LogP contribution in [0.25, 0.3) is 0 Å². The predicted octanol–water partition coefficient (Wildman–Crippen LogP) is 1.31. The molecular formula is C18H22O7S. The van der Waals surface area contributed by atoms with Gasteiger partial charge in [-0.3, -0.25) is 4.79 Å². The van der Waals surface area contributed by atoms with Crippen molar-refractivity contribution in [2.75, 3.05) is 26.1 Å². The Morgan fingerprint density at radius 3 is 2.58 bits per heavy atom. The largest absolute Gasteiger partial charge is 0.469 e. The van der Waals surface area contributed by atoms with Gasteiger partial charge in [0.1, 0.15) is 5.92 Å². The molecule has 3 heterocycles. The van der Waals surface area contributed by atoms with Gasteiger partial charge in [0.05, 0.1) is 42.7 Å². The average Bonchev–Trinajstić information content (AvgIpc) is 3.20. The summed E-state index contributed by atoms with van der Waals surface area (Å²) in [7, 11) is -2.22. The van der Waals surface area contributed by atoms with E-state index in [4.69, 9.17) is 18.9 Å². The Hall–Kier alpha value is -1.48. The highest BCUT2D eigenvalue weighted by Gasteiger charge is 2.65. The lowest BCUT2D eigenvalue weighted by atomic mass is 9.84. The number of hydrogen-bond acceptors (Lipinski definition) is 7. The molecule has 0 saturated carbocycles. The molecule has 1 spiro atoms. The first kappa shape index (κ1) is 17.9. The molecule has 26 heavy (non-hydrogen) atoms. The number of hydrogen-bond donors (Lipinski definition) is 0. The molecule has 3 atom stereocenters. The third-order valence-corrected chi connectivity index (χ3v) is 7.38. The van der Waals surface area contributed by atoms with Crippen LogP contribution in [0.2, 0.25) is 0 Å². The van der Waals surface area contributed by atoms with Crippen molar-refractivity contribution < 1.29 is 32.2 Å². The highest BCUT2D eigenvalue weighted by Crippen LogP contribution is 2.53. The van der Waals surface area contributed by atoms with Crippen molar-refractivity contribution in [3.63, 3.8) is 0 Å². The lowest BCUT2D eigenvalue weighted by molar-refractivity contribution is -0.280. The van der Waals surface area contributed by atoms with Crippen molar-refractivity contribution >= 4 is 15.8 Å². The number of methoxy groups -OCH3 is 1. The highest BCUT2D eigenvalue weighted by atomic mass is 32.2. The molecule has 8 heteroatoms. The molecule has 3 saturated heterocycles. The van der Waals surface area contributed by atoms with Gasteiger partial charge in [-0.2, -0.15) is 0 Å². The van der Waals surface area contributed by atoms with E-state index in [0.29, 0.717) is 26.1 Å². The van der Waals surface area contributed by atoms with Crippen molar-refractivity contribution in [2.24, 2.45) is 5.92 Å². The minimum Gasteiger partial charge on any atom is -0.469 e. The van der Waals surface area contributed by atoms with E-state index in [1.807, 2.05) is 0 Å². The molecule has 3 fully saturated rings. The zero-order valence-corrected chi connectivity index (χ0v) is 15.4. The maximum absolute atomic E-state index is 12.9. The van der Waals surface area contributed by atoms with Crippen molar-refractivity contribution in [1.29, 1.82) is 0 Å². The smallest absolute Gasteiger partial charge is 0.316 e. The Balaban J connectivity index is 1.66. The van der Waals surface area contributed by atoms with E-state index in [2.05, 4.69) is 0 Å². The van der Waals surface area contributed by atoms with Gasteiger partial charge < -0.3 is 18.9 Å². The molecule has 1 aromatic rings. The SMILES string of the molecule is COC(=O)[C@@H]1[C@H]2CC[C@@](CS(=O)(=O)c3ccccc3)(CC13OCCO3)O2. The van der Waals surface area contributed by atoms with E-state index in [1.54, 1.807) is 30.3 Å². The third-order valence-electron chi connectivity index (χ3n) is 5.49. The zero-order valence-electron chi connectivity index (χ0n) is 14.6. The molecule has 1 aromatic carbocycles. The molecule has 0 radical (unpaired) electrons. The molecule has 0 amide bonds. The predicted molar refractivity (Wildman–Crippen MR) is 90.1 cm³/mol. The standard InChI is InChI=1S/C18H22O7S/c1-22-16(19)15-14-7-8-17(25-14,11-18(15)23-9-10-24-18)12-26(20,21)13-5-3-2-4-6-13/h2-6,14-15H,7-12H2,1H3/t14-,15+,17+/m1/s1. The van der Waals surface area contributed by atoms with Crippen molar-refractivity contribution in [2.45, 2.75) is 41.7 Å². The molecule has 142 valence electrons. The fourth-order valence-corrected chi connectivity index (χ4v) is 6.22. The second-order valence-electron chi connectivity index (χ2n) is 7.14. The van der Waals surface area contributed by atoms with Crippen molar-refractivity contribution in [3.8, 4) is 0 Å². The molecular weight excluding hydrogens is 360 g/mol. The number of benzene rings is 1. The summed E-state index contributed by atoms with van der Waals surface area (Å²) in [6, 6.07) is 8.33. The van der Waals surface area contributed by atoms with Gasteiger partial charge in [0.15, 0.2) is 15.6 Å². The van der Waals surface area contributed by atoms with Gasteiger partial charge in [0.2, 0.25) is 0 Å². The van der Waals surface area contributed by atoms with Crippen LogP contribution in [-0.4, -0.2) is 58.0 Å². The Morgan fingerprint density at radius 1 is 1.23 bits per heavy atom. The topological polar surface area (TPSA) is 88.1 Å². The van der Waals surface area contributed by atoms with Gasteiger partial charge in [-0.05, 0) is 25.0 Å². The number of carbonyl (C=O) groups excluding carboxylic acids is 1. The second kappa shape index (κ2) is 6.30. The number of esters is 1. The van der Waals surface area contributed by atoms with Gasteiger partial charge >= 0.3 is 5.97 Å². The van der Waals surface area contributed by atoms with Crippen molar-refractivity contribution in [3.05, 3.63) is 30.3 Å². The number of sulfone groups is 1. The molecule has 0 aromatic heterocycles. The van der Waals surface area contributed by atoms with Crippen LogP contribution < -0.4 is 0 Å². The van der Waals surface area contributed by atoms with Crippen LogP contribution in [0.1, 0.15) is 19.3 Å². The molecule has 0 unspecified atom stereocenters.